The number of halogens is 3. The first-order valence-electron chi connectivity index (χ1n) is 4.39. The summed E-state index contributed by atoms with van der Waals surface area (Å²) in [5.41, 5.74) is 0. The van der Waals surface area contributed by atoms with Gasteiger partial charge in [-0.05, 0) is 0 Å². The van der Waals surface area contributed by atoms with Crippen molar-refractivity contribution in [1.29, 1.82) is 5.26 Å². The van der Waals surface area contributed by atoms with E-state index < -0.39 is 32.4 Å². The van der Waals surface area contributed by atoms with Crippen LogP contribution in [-0.2, 0) is 10.0 Å². The number of nitriles is 1. The van der Waals surface area contributed by atoms with Gasteiger partial charge in [0.25, 0.3) is 0 Å². The molecule has 0 radical (unpaired) electrons. The van der Waals surface area contributed by atoms with Crippen LogP contribution in [0, 0.1) is 28.8 Å². The predicted molar refractivity (Wildman–Crippen MR) is 51.7 cm³/mol. The zero-order chi connectivity index (χ0) is 13.1. The van der Waals surface area contributed by atoms with Crippen LogP contribution in [0.25, 0.3) is 0 Å². The predicted octanol–water partition coefficient (Wildman–Crippen LogP) is 1.30. The highest BCUT2D eigenvalue weighted by molar-refractivity contribution is 7.89. The molecule has 0 aliphatic rings. The lowest BCUT2D eigenvalue weighted by molar-refractivity contribution is 0.494. The summed E-state index contributed by atoms with van der Waals surface area (Å²) in [5, 5.41) is 8.20. The molecule has 0 heterocycles. The van der Waals surface area contributed by atoms with Crippen molar-refractivity contribution in [3.05, 3.63) is 29.6 Å². The average molecular weight is 264 g/mol. The van der Waals surface area contributed by atoms with Crippen LogP contribution >= 0.6 is 0 Å². The molecule has 0 atom stereocenters. The maximum Gasteiger partial charge on any atom is 0.246 e. The highest BCUT2D eigenvalue weighted by Crippen LogP contribution is 2.19. The van der Waals surface area contributed by atoms with Gasteiger partial charge >= 0.3 is 0 Å². The van der Waals surface area contributed by atoms with Crippen LogP contribution in [0.3, 0.4) is 0 Å². The lowest BCUT2D eigenvalue weighted by Crippen LogP contribution is -2.26. The lowest BCUT2D eigenvalue weighted by Gasteiger charge is -2.07. The SMILES string of the molecule is N#CCCNS(=O)(=O)c1c(F)cc(F)cc1F. The summed E-state index contributed by atoms with van der Waals surface area (Å²) in [7, 11) is -4.43. The molecule has 0 aromatic heterocycles. The van der Waals surface area contributed by atoms with Crippen molar-refractivity contribution in [2.45, 2.75) is 11.3 Å². The zero-order valence-corrected chi connectivity index (χ0v) is 9.19. The third-order valence-electron chi connectivity index (χ3n) is 1.76. The molecule has 1 rings (SSSR count). The maximum absolute atomic E-state index is 13.2. The van der Waals surface area contributed by atoms with Gasteiger partial charge in [0.2, 0.25) is 10.0 Å². The fraction of sp³-hybridized carbons (Fsp3) is 0.222. The first-order valence-corrected chi connectivity index (χ1v) is 5.88. The first-order chi connectivity index (χ1) is 7.88. The van der Waals surface area contributed by atoms with E-state index in [1.54, 1.807) is 6.07 Å². The van der Waals surface area contributed by atoms with Crippen molar-refractivity contribution in [3.63, 3.8) is 0 Å². The van der Waals surface area contributed by atoms with E-state index in [9.17, 15) is 21.6 Å². The van der Waals surface area contributed by atoms with E-state index in [2.05, 4.69) is 0 Å². The zero-order valence-electron chi connectivity index (χ0n) is 8.37. The Kier molecular flexibility index (Phi) is 4.09. The van der Waals surface area contributed by atoms with Gasteiger partial charge in [0, 0.05) is 25.1 Å². The minimum atomic E-state index is -4.43. The Morgan fingerprint density at radius 2 is 1.76 bits per heavy atom. The van der Waals surface area contributed by atoms with E-state index in [0.717, 1.165) is 0 Å². The molecule has 92 valence electrons. The molecule has 0 aliphatic carbocycles. The Labute approximate surface area is 95.7 Å². The number of nitrogens with zero attached hydrogens (tertiary/aromatic N) is 1. The van der Waals surface area contributed by atoms with Crippen LogP contribution in [0.5, 0.6) is 0 Å². The smallest absolute Gasteiger partial charge is 0.210 e. The normalized spacial score (nSPS) is 11.2. The molecule has 0 bridgehead atoms. The molecule has 4 nitrogen and oxygen atoms in total. The number of sulfonamides is 1. The average Bonchev–Trinajstić information content (AvgIpc) is 2.15. The van der Waals surface area contributed by atoms with Gasteiger partial charge in [-0.1, -0.05) is 0 Å². The molecule has 0 saturated heterocycles. The molecule has 0 amide bonds. The Bertz CT molecular complexity index is 543. The highest BCUT2D eigenvalue weighted by atomic mass is 32.2. The van der Waals surface area contributed by atoms with Crippen LogP contribution in [0.15, 0.2) is 17.0 Å². The van der Waals surface area contributed by atoms with Crippen LogP contribution < -0.4 is 4.72 Å². The number of hydrogen-bond donors (Lipinski definition) is 1. The molecule has 1 aromatic rings. The molecular weight excluding hydrogens is 257 g/mol. The summed E-state index contributed by atoms with van der Waals surface area (Å²) >= 11 is 0. The van der Waals surface area contributed by atoms with E-state index in [-0.39, 0.29) is 25.1 Å². The third kappa shape index (κ3) is 3.18. The van der Waals surface area contributed by atoms with Crippen molar-refractivity contribution < 1.29 is 21.6 Å². The monoisotopic (exact) mass is 264 g/mol. The Morgan fingerprint density at radius 3 is 2.24 bits per heavy atom. The summed E-state index contributed by atoms with van der Waals surface area (Å²) < 4.78 is 63.6. The van der Waals surface area contributed by atoms with E-state index >= 15 is 0 Å². The third-order valence-corrected chi connectivity index (χ3v) is 3.27. The topological polar surface area (TPSA) is 70.0 Å². The van der Waals surface area contributed by atoms with E-state index in [1.807, 2.05) is 4.72 Å². The summed E-state index contributed by atoms with van der Waals surface area (Å²) in [6, 6.07) is 2.19. The summed E-state index contributed by atoms with van der Waals surface area (Å²) in [6.07, 6.45) is -0.149. The van der Waals surface area contributed by atoms with Gasteiger partial charge in [0.15, 0.2) is 4.90 Å². The van der Waals surface area contributed by atoms with Gasteiger partial charge < -0.3 is 0 Å². The quantitative estimate of drug-likeness (QED) is 0.833. The second-order valence-corrected chi connectivity index (χ2v) is 4.71. The summed E-state index contributed by atoms with van der Waals surface area (Å²) in [5.74, 6) is -4.25. The number of nitrogens with one attached hydrogen (secondary N) is 1. The van der Waals surface area contributed by atoms with Gasteiger partial charge in [0.1, 0.15) is 17.5 Å². The van der Waals surface area contributed by atoms with Crippen molar-refractivity contribution in [1.82, 2.24) is 4.72 Å². The van der Waals surface area contributed by atoms with Gasteiger partial charge in [0.05, 0.1) is 6.07 Å². The fourth-order valence-electron chi connectivity index (χ4n) is 1.10. The van der Waals surface area contributed by atoms with Gasteiger partial charge in [-0.25, -0.2) is 26.3 Å². The van der Waals surface area contributed by atoms with Gasteiger partial charge in [-0.15, -0.1) is 0 Å². The van der Waals surface area contributed by atoms with Crippen LogP contribution in [-0.4, -0.2) is 15.0 Å². The molecule has 17 heavy (non-hydrogen) atoms. The molecule has 1 aromatic carbocycles. The molecule has 8 heteroatoms. The second kappa shape index (κ2) is 5.16. The van der Waals surface area contributed by atoms with Crippen LogP contribution in [0.1, 0.15) is 6.42 Å². The first kappa shape index (κ1) is 13.5. The van der Waals surface area contributed by atoms with Gasteiger partial charge in [-0.3, -0.25) is 0 Å². The molecule has 0 saturated carbocycles. The minimum Gasteiger partial charge on any atom is -0.210 e. The van der Waals surface area contributed by atoms with E-state index in [0.29, 0.717) is 0 Å². The van der Waals surface area contributed by atoms with E-state index in [4.69, 9.17) is 5.26 Å². The maximum atomic E-state index is 13.2. The summed E-state index contributed by atoms with van der Waals surface area (Å²) in [4.78, 5) is -1.25. The molecule has 1 N–H and O–H groups in total. The van der Waals surface area contributed by atoms with Crippen molar-refractivity contribution in [3.8, 4) is 6.07 Å². The van der Waals surface area contributed by atoms with Crippen molar-refractivity contribution >= 4 is 10.0 Å². The minimum absolute atomic E-state index is 0.149. The number of rotatable bonds is 4. The molecule has 0 fully saturated rings. The Balaban J connectivity index is 3.12. The number of benzene rings is 1. The van der Waals surface area contributed by atoms with E-state index in [1.165, 1.54) is 0 Å². The van der Waals surface area contributed by atoms with Crippen LogP contribution in [0.2, 0.25) is 0 Å². The van der Waals surface area contributed by atoms with Crippen molar-refractivity contribution in [2.24, 2.45) is 0 Å². The molecule has 0 spiro atoms. The number of hydrogen-bond acceptors (Lipinski definition) is 3. The highest BCUT2D eigenvalue weighted by Gasteiger charge is 2.24. The molecule has 0 unspecified atom stereocenters. The Morgan fingerprint density at radius 1 is 1.24 bits per heavy atom. The van der Waals surface area contributed by atoms with Gasteiger partial charge in [-0.2, -0.15) is 5.26 Å². The van der Waals surface area contributed by atoms with Crippen molar-refractivity contribution in [2.75, 3.05) is 6.54 Å². The molecule has 0 aliphatic heterocycles. The fourth-order valence-corrected chi connectivity index (χ4v) is 2.25. The lowest BCUT2D eigenvalue weighted by atomic mass is 10.3. The Hall–Kier alpha value is -1.59. The second-order valence-electron chi connectivity index (χ2n) is 3.00. The largest absolute Gasteiger partial charge is 0.246 e. The van der Waals surface area contributed by atoms with Crippen LogP contribution in [0.4, 0.5) is 13.2 Å². The standard InChI is InChI=1S/C9H7F3N2O2S/c10-6-4-7(11)9(8(12)5-6)17(15,16)14-3-1-2-13/h4-5,14H,1,3H2. The molecular formula is C9H7F3N2O2S. The summed E-state index contributed by atoms with van der Waals surface area (Å²) in [6.45, 7) is -0.283.